The van der Waals surface area contributed by atoms with Crippen LogP contribution in [0.5, 0.6) is 0 Å². The zero-order valence-corrected chi connectivity index (χ0v) is 7.71. The van der Waals surface area contributed by atoms with Crippen molar-refractivity contribution in [3.8, 4) is 5.69 Å². The van der Waals surface area contributed by atoms with Crippen molar-refractivity contribution in [2.45, 2.75) is 0 Å². The van der Waals surface area contributed by atoms with Crippen LogP contribution in [0.3, 0.4) is 0 Å². The molecular formula is C8H6ClN3O2. The van der Waals surface area contributed by atoms with E-state index in [0.717, 1.165) is 4.57 Å². The van der Waals surface area contributed by atoms with Crippen LogP contribution in [-0.2, 0) is 0 Å². The summed E-state index contributed by atoms with van der Waals surface area (Å²) in [5.41, 5.74) is -0.389. The molecule has 14 heavy (non-hydrogen) atoms. The molecule has 0 aliphatic carbocycles. The highest BCUT2D eigenvalue weighted by Gasteiger charge is 2.07. The molecule has 2 rings (SSSR count). The topological polar surface area (TPSA) is 74.8 Å². The average molecular weight is 212 g/mol. The number of H-pyrrole nitrogens is 1. The second-order valence-corrected chi connectivity index (χ2v) is 3.01. The van der Waals surface area contributed by atoms with Crippen molar-refractivity contribution in [1.82, 2.24) is 9.72 Å². The van der Waals surface area contributed by atoms with Crippen molar-refractivity contribution in [3.63, 3.8) is 0 Å². The molecule has 5 nitrogen and oxygen atoms in total. The highest BCUT2D eigenvalue weighted by Crippen LogP contribution is 2.16. The Hall–Kier alpha value is -1.75. The fourth-order valence-corrected chi connectivity index (χ4v) is 1.35. The Morgan fingerprint density at radius 1 is 1.43 bits per heavy atom. The van der Waals surface area contributed by atoms with E-state index in [4.69, 9.17) is 17.0 Å². The van der Waals surface area contributed by atoms with Gasteiger partial charge >= 0.3 is 11.4 Å². The van der Waals surface area contributed by atoms with E-state index >= 15 is 0 Å². The molecule has 0 spiro atoms. The minimum absolute atomic E-state index is 0.289. The smallest absolute Gasteiger partial charge is 0.338 e. The molecule has 0 amide bonds. The summed E-state index contributed by atoms with van der Waals surface area (Å²) >= 11 is 5.86. The van der Waals surface area contributed by atoms with Crippen LogP contribution in [0.1, 0.15) is 0 Å². The van der Waals surface area contributed by atoms with Crippen LogP contribution >= 0.6 is 11.6 Å². The van der Waals surface area contributed by atoms with Crippen molar-refractivity contribution in [1.29, 1.82) is 5.41 Å². The Kier molecular flexibility index (Phi) is 2.01. The third-order valence-electron chi connectivity index (χ3n) is 1.73. The molecule has 2 aromatic rings. The van der Waals surface area contributed by atoms with E-state index in [1.54, 1.807) is 24.3 Å². The van der Waals surface area contributed by atoms with Gasteiger partial charge in [0.2, 0.25) is 0 Å². The van der Waals surface area contributed by atoms with Gasteiger partial charge in [0, 0.05) is 0 Å². The first kappa shape index (κ1) is 8.83. The monoisotopic (exact) mass is 211 g/mol. The lowest BCUT2D eigenvalue weighted by Crippen LogP contribution is -2.24. The number of benzene rings is 1. The van der Waals surface area contributed by atoms with Crippen LogP contribution < -0.4 is 11.4 Å². The summed E-state index contributed by atoms with van der Waals surface area (Å²) in [4.78, 5) is 11.2. The van der Waals surface area contributed by atoms with E-state index in [-0.39, 0.29) is 5.68 Å². The number of hydrogen-bond donors (Lipinski definition) is 2. The molecule has 1 aromatic carbocycles. The molecular weight excluding hydrogens is 206 g/mol. The number of rotatable bonds is 1. The zero-order chi connectivity index (χ0) is 10.1. The SMILES string of the molecule is N=c1o[nH]c(=O)n1-c1ccccc1Cl. The van der Waals surface area contributed by atoms with Crippen LogP contribution in [0.25, 0.3) is 5.69 Å². The van der Waals surface area contributed by atoms with Crippen molar-refractivity contribution in [2.75, 3.05) is 0 Å². The van der Waals surface area contributed by atoms with Gasteiger partial charge in [-0.15, -0.1) is 0 Å². The number of hydrogen-bond acceptors (Lipinski definition) is 3. The standard InChI is InChI=1S/C8H6ClN3O2/c9-5-3-1-2-4-6(5)12-7(10)14-11-8(12)13/h1-4,10H,(H,11,13). The minimum Gasteiger partial charge on any atom is -0.338 e. The van der Waals surface area contributed by atoms with Crippen molar-refractivity contribution >= 4 is 11.6 Å². The Bertz CT molecular complexity index is 539. The maximum atomic E-state index is 11.2. The number of aromatic nitrogens is 2. The molecule has 0 aliphatic heterocycles. The largest absolute Gasteiger partial charge is 0.363 e. The molecule has 0 saturated carbocycles. The van der Waals surface area contributed by atoms with Crippen LogP contribution in [0, 0.1) is 5.41 Å². The van der Waals surface area contributed by atoms with Crippen molar-refractivity contribution in [2.24, 2.45) is 0 Å². The maximum Gasteiger partial charge on any atom is 0.363 e. The summed E-state index contributed by atoms with van der Waals surface area (Å²) in [7, 11) is 0. The summed E-state index contributed by atoms with van der Waals surface area (Å²) in [6.45, 7) is 0. The number of halogens is 1. The van der Waals surface area contributed by atoms with Crippen molar-refractivity contribution < 1.29 is 4.52 Å². The average Bonchev–Trinajstić information content (AvgIpc) is 2.48. The Morgan fingerprint density at radius 2 is 2.14 bits per heavy atom. The third kappa shape index (κ3) is 1.27. The van der Waals surface area contributed by atoms with E-state index in [1.165, 1.54) is 0 Å². The summed E-state index contributed by atoms with van der Waals surface area (Å²) in [6.07, 6.45) is 0. The van der Waals surface area contributed by atoms with Gasteiger partial charge in [-0.3, -0.25) is 0 Å². The number of aromatic amines is 1. The molecule has 1 aromatic heterocycles. The highest BCUT2D eigenvalue weighted by atomic mass is 35.5. The summed E-state index contributed by atoms with van der Waals surface area (Å²) in [6, 6.07) is 6.73. The van der Waals surface area contributed by atoms with Gasteiger partial charge in [-0.1, -0.05) is 23.7 Å². The van der Waals surface area contributed by atoms with E-state index < -0.39 is 5.69 Å². The second kappa shape index (κ2) is 3.19. The van der Waals surface area contributed by atoms with E-state index in [2.05, 4.69) is 4.52 Å². The molecule has 1 heterocycles. The molecule has 0 unspecified atom stereocenters. The fourth-order valence-electron chi connectivity index (χ4n) is 1.13. The first-order chi connectivity index (χ1) is 6.70. The first-order valence-electron chi connectivity index (χ1n) is 3.80. The molecule has 2 N–H and O–H groups in total. The minimum atomic E-state index is -0.525. The Labute approximate surface area is 83.0 Å². The molecule has 6 heteroatoms. The lowest BCUT2D eigenvalue weighted by molar-refractivity contribution is 0.362. The van der Waals surface area contributed by atoms with Gasteiger partial charge in [-0.2, -0.15) is 5.16 Å². The zero-order valence-electron chi connectivity index (χ0n) is 6.95. The molecule has 0 atom stereocenters. The number of nitrogens with one attached hydrogen (secondary N) is 2. The normalized spacial score (nSPS) is 10.4. The van der Waals surface area contributed by atoms with Gasteiger partial charge < -0.3 is 4.52 Å². The summed E-state index contributed by atoms with van der Waals surface area (Å²) < 4.78 is 5.58. The van der Waals surface area contributed by atoms with Crippen LogP contribution in [0.4, 0.5) is 0 Å². The molecule has 0 fully saturated rings. The van der Waals surface area contributed by atoms with Crippen molar-refractivity contribution in [3.05, 3.63) is 45.5 Å². The van der Waals surface area contributed by atoms with Crippen LogP contribution in [-0.4, -0.2) is 9.72 Å². The van der Waals surface area contributed by atoms with Gasteiger partial charge in [0.1, 0.15) is 0 Å². The third-order valence-corrected chi connectivity index (χ3v) is 2.05. The van der Waals surface area contributed by atoms with E-state index in [0.29, 0.717) is 10.7 Å². The Balaban J connectivity index is 2.79. The predicted molar refractivity (Wildman–Crippen MR) is 49.5 cm³/mol. The van der Waals surface area contributed by atoms with Gasteiger partial charge in [0.25, 0.3) is 0 Å². The molecule has 0 saturated heterocycles. The Morgan fingerprint density at radius 3 is 2.71 bits per heavy atom. The van der Waals surface area contributed by atoms with Crippen LogP contribution in [0.15, 0.2) is 33.6 Å². The van der Waals surface area contributed by atoms with E-state index in [1.807, 2.05) is 5.16 Å². The van der Waals surface area contributed by atoms with Gasteiger partial charge in [0.05, 0.1) is 10.7 Å². The van der Waals surface area contributed by atoms with Gasteiger partial charge in [-0.05, 0) is 12.1 Å². The second-order valence-electron chi connectivity index (χ2n) is 2.60. The van der Waals surface area contributed by atoms with Crippen LogP contribution in [0.2, 0.25) is 5.02 Å². The predicted octanol–water partition coefficient (Wildman–Crippen LogP) is 0.891. The molecule has 0 aliphatic rings. The number of para-hydroxylation sites is 1. The quantitative estimate of drug-likeness (QED) is 0.735. The highest BCUT2D eigenvalue weighted by molar-refractivity contribution is 6.32. The summed E-state index contributed by atoms with van der Waals surface area (Å²) in [5, 5.41) is 9.77. The fraction of sp³-hybridized carbons (Fsp3) is 0. The number of nitrogens with zero attached hydrogens (tertiary/aromatic N) is 1. The van der Waals surface area contributed by atoms with Gasteiger partial charge in [-0.25, -0.2) is 14.8 Å². The summed E-state index contributed by atoms with van der Waals surface area (Å²) in [5.74, 6) is 0. The molecule has 0 bridgehead atoms. The molecule has 72 valence electrons. The lowest BCUT2D eigenvalue weighted by atomic mass is 10.3. The maximum absolute atomic E-state index is 11.2. The van der Waals surface area contributed by atoms with Gasteiger partial charge in [0.15, 0.2) is 0 Å². The first-order valence-corrected chi connectivity index (χ1v) is 4.18. The lowest BCUT2D eigenvalue weighted by Gasteiger charge is -2.00. The van der Waals surface area contributed by atoms with E-state index in [9.17, 15) is 4.79 Å². The molecule has 0 radical (unpaired) electrons.